The quantitative estimate of drug-likeness (QED) is 0.561. The summed E-state index contributed by atoms with van der Waals surface area (Å²) in [5.41, 5.74) is 5.53. The second-order valence-corrected chi connectivity index (χ2v) is 3.14. The molecule has 6 heteroatoms. The number of rotatable bonds is 5. The molecule has 0 saturated carbocycles. The Balaban J connectivity index is 2.77. The van der Waals surface area contributed by atoms with Crippen molar-refractivity contribution >= 4 is 11.5 Å². The molecular formula is C9H14N4O2. The van der Waals surface area contributed by atoms with Gasteiger partial charge in [-0.15, -0.1) is 0 Å². The van der Waals surface area contributed by atoms with Crippen LogP contribution in [0.3, 0.4) is 0 Å². The fraction of sp³-hybridized carbons (Fsp3) is 0.444. The molecule has 1 aromatic rings. The van der Waals surface area contributed by atoms with Crippen LogP contribution >= 0.6 is 0 Å². The first-order valence-corrected chi connectivity index (χ1v) is 4.74. The molecule has 0 aromatic carbocycles. The van der Waals surface area contributed by atoms with Gasteiger partial charge in [0.25, 0.3) is 5.69 Å². The Labute approximate surface area is 87.7 Å². The number of hydrogen-bond donors (Lipinski definition) is 2. The highest BCUT2D eigenvalue weighted by molar-refractivity contribution is 5.44. The number of nitro groups is 1. The van der Waals surface area contributed by atoms with Crippen LogP contribution in [0, 0.1) is 10.1 Å². The minimum Gasteiger partial charge on any atom is -0.366 e. The van der Waals surface area contributed by atoms with Crippen molar-refractivity contribution in [2.24, 2.45) is 5.73 Å². The van der Waals surface area contributed by atoms with Gasteiger partial charge in [-0.3, -0.25) is 10.1 Å². The van der Waals surface area contributed by atoms with Gasteiger partial charge >= 0.3 is 0 Å². The summed E-state index contributed by atoms with van der Waals surface area (Å²) in [6.45, 7) is 2.46. The van der Waals surface area contributed by atoms with E-state index in [-0.39, 0.29) is 11.7 Å². The Bertz CT molecular complexity index is 339. The standard InChI is InChI=1S/C9H14N4O2/c1-2-7(6-10)12-9-5-8(13(14)15)3-4-11-9/h3-5,7H,2,6,10H2,1H3,(H,11,12). The van der Waals surface area contributed by atoms with Crippen LogP contribution in [-0.4, -0.2) is 22.5 Å². The second kappa shape index (κ2) is 5.26. The molecule has 0 saturated heterocycles. The largest absolute Gasteiger partial charge is 0.366 e. The van der Waals surface area contributed by atoms with E-state index < -0.39 is 4.92 Å². The van der Waals surface area contributed by atoms with Crippen molar-refractivity contribution in [1.29, 1.82) is 0 Å². The summed E-state index contributed by atoms with van der Waals surface area (Å²) in [6.07, 6.45) is 2.25. The smallest absolute Gasteiger partial charge is 0.274 e. The maximum atomic E-state index is 10.5. The lowest BCUT2D eigenvalue weighted by atomic mass is 10.2. The van der Waals surface area contributed by atoms with Gasteiger partial charge in [-0.1, -0.05) is 6.92 Å². The summed E-state index contributed by atoms with van der Waals surface area (Å²) in [6, 6.07) is 2.85. The van der Waals surface area contributed by atoms with Crippen LogP contribution in [0.4, 0.5) is 11.5 Å². The van der Waals surface area contributed by atoms with Crippen molar-refractivity contribution in [2.75, 3.05) is 11.9 Å². The number of hydrogen-bond acceptors (Lipinski definition) is 5. The summed E-state index contributed by atoms with van der Waals surface area (Å²) in [4.78, 5) is 14.0. The summed E-state index contributed by atoms with van der Waals surface area (Å²) in [5.74, 6) is 0.488. The van der Waals surface area contributed by atoms with Gasteiger partial charge in [0.05, 0.1) is 11.0 Å². The molecule has 1 unspecified atom stereocenters. The summed E-state index contributed by atoms with van der Waals surface area (Å²) in [7, 11) is 0. The zero-order chi connectivity index (χ0) is 11.3. The van der Waals surface area contributed by atoms with Gasteiger partial charge in [0.15, 0.2) is 0 Å². The van der Waals surface area contributed by atoms with Crippen LogP contribution in [0.15, 0.2) is 18.3 Å². The van der Waals surface area contributed by atoms with E-state index in [0.29, 0.717) is 12.4 Å². The summed E-state index contributed by atoms with van der Waals surface area (Å²) < 4.78 is 0. The second-order valence-electron chi connectivity index (χ2n) is 3.14. The molecule has 3 N–H and O–H groups in total. The molecule has 0 radical (unpaired) electrons. The lowest BCUT2D eigenvalue weighted by Gasteiger charge is -2.14. The molecule has 0 aliphatic rings. The van der Waals surface area contributed by atoms with Crippen LogP contribution in [0.2, 0.25) is 0 Å². The minimum atomic E-state index is -0.448. The molecule has 1 rings (SSSR count). The Hall–Kier alpha value is -1.69. The van der Waals surface area contributed by atoms with Crippen LogP contribution < -0.4 is 11.1 Å². The van der Waals surface area contributed by atoms with Crippen molar-refractivity contribution < 1.29 is 4.92 Å². The van der Waals surface area contributed by atoms with E-state index in [9.17, 15) is 10.1 Å². The van der Waals surface area contributed by atoms with Crippen LogP contribution in [0.25, 0.3) is 0 Å². The van der Waals surface area contributed by atoms with Crippen molar-refractivity contribution in [1.82, 2.24) is 4.98 Å². The highest BCUT2D eigenvalue weighted by atomic mass is 16.6. The van der Waals surface area contributed by atoms with E-state index in [1.165, 1.54) is 18.3 Å². The lowest BCUT2D eigenvalue weighted by molar-refractivity contribution is -0.384. The molecule has 6 nitrogen and oxygen atoms in total. The lowest BCUT2D eigenvalue weighted by Crippen LogP contribution is -2.28. The number of pyridine rings is 1. The zero-order valence-corrected chi connectivity index (χ0v) is 8.51. The third-order valence-electron chi connectivity index (χ3n) is 2.08. The number of anilines is 1. The number of nitrogens with two attached hydrogens (primary N) is 1. The van der Waals surface area contributed by atoms with Gasteiger partial charge in [-0.25, -0.2) is 4.98 Å². The molecule has 0 aliphatic carbocycles. The molecule has 0 bridgehead atoms. The molecule has 1 atom stereocenters. The van der Waals surface area contributed by atoms with E-state index >= 15 is 0 Å². The van der Waals surface area contributed by atoms with Crippen molar-refractivity contribution in [3.05, 3.63) is 28.4 Å². The molecule has 0 fully saturated rings. The topological polar surface area (TPSA) is 94.1 Å². The first-order valence-electron chi connectivity index (χ1n) is 4.74. The predicted molar refractivity (Wildman–Crippen MR) is 57.6 cm³/mol. The highest BCUT2D eigenvalue weighted by Crippen LogP contribution is 2.15. The number of aromatic nitrogens is 1. The maximum absolute atomic E-state index is 10.5. The van der Waals surface area contributed by atoms with Crippen molar-refractivity contribution in [3.63, 3.8) is 0 Å². The third-order valence-corrected chi connectivity index (χ3v) is 2.08. The monoisotopic (exact) mass is 210 g/mol. The first-order chi connectivity index (χ1) is 7.17. The van der Waals surface area contributed by atoms with Crippen molar-refractivity contribution in [3.8, 4) is 0 Å². The normalized spacial score (nSPS) is 12.1. The van der Waals surface area contributed by atoms with E-state index in [1.54, 1.807) is 0 Å². The average Bonchev–Trinajstić information content (AvgIpc) is 2.26. The van der Waals surface area contributed by atoms with E-state index in [0.717, 1.165) is 6.42 Å². The van der Waals surface area contributed by atoms with E-state index in [2.05, 4.69) is 10.3 Å². The molecular weight excluding hydrogens is 196 g/mol. The van der Waals surface area contributed by atoms with Gasteiger partial charge in [0.1, 0.15) is 5.82 Å². The molecule has 1 aromatic heterocycles. The number of nitrogens with zero attached hydrogens (tertiary/aromatic N) is 2. The Kier molecular flexibility index (Phi) is 3.99. The average molecular weight is 210 g/mol. The maximum Gasteiger partial charge on any atom is 0.274 e. The minimum absolute atomic E-state index is 0.0272. The van der Waals surface area contributed by atoms with Gasteiger partial charge < -0.3 is 11.1 Å². The van der Waals surface area contributed by atoms with E-state index in [1.807, 2.05) is 6.92 Å². The Morgan fingerprint density at radius 1 is 1.73 bits per heavy atom. The van der Waals surface area contributed by atoms with Gasteiger partial charge in [-0.2, -0.15) is 0 Å². The van der Waals surface area contributed by atoms with Crippen LogP contribution in [-0.2, 0) is 0 Å². The van der Waals surface area contributed by atoms with Gasteiger partial charge in [0, 0.05) is 24.8 Å². The van der Waals surface area contributed by atoms with Crippen molar-refractivity contribution in [2.45, 2.75) is 19.4 Å². The SMILES string of the molecule is CCC(CN)Nc1cc([N+](=O)[O-])ccn1. The molecule has 82 valence electrons. The molecule has 0 spiro atoms. The van der Waals surface area contributed by atoms with E-state index in [4.69, 9.17) is 5.73 Å². The zero-order valence-electron chi connectivity index (χ0n) is 8.51. The first kappa shape index (κ1) is 11.4. The number of nitrogens with one attached hydrogen (secondary N) is 1. The van der Waals surface area contributed by atoms with Gasteiger partial charge in [0.2, 0.25) is 0 Å². The fourth-order valence-corrected chi connectivity index (χ4v) is 1.15. The van der Waals surface area contributed by atoms with Crippen LogP contribution in [0.5, 0.6) is 0 Å². The Morgan fingerprint density at radius 3 is 3.00 bits per heavy atom. The third kappa shape index (κ3) is 3.17. The van der Waals surface area contributed by atoms with Crippen LogP contribution in [0.1, 0.15) is 13.3 Å². The fourth-order valence-electron chi connectivity index (χ4n) is 1.15. The van der Waals surface area contributed by atoms with Gasteiger partial charge in [-0.05, 0) is 6.42 Å². The molecule has 15 heavy (non-hydrogen) atoms. The molecule has 0 amide bonds. The molecule has 0 aliphatic heterocycles. The summed E-state index contributed by atoms with van der Waals surface area (Å²) >= 11 is 0. The summed E-state index contributed by atoms with van der Waals surface area (Å²) in [5, 5.41) is 13.5. The molecule has 1 heterocycles. The Morgan fingerprint density at radius 2 is 2.47 bits per heavy atom. The highest BCUT2D eigenvalue weighted by Gasteiger charge is 2.09. The predicted octanol–water partition coefficient (Wildman–Crippen LogP) is 1.14.